The van der Waals surface area contributed by atoms with Crippen LogP contribution in [0.25, 0.3) is 6.08 Å². The van der Waals surface area contributed by atoms with Crippen molar-refractivity contribution in [3.05, 3.63) is 41.3 Å². The van der Waals surface area contributed by atoms with Crippen LogP contribution in [0.5, 0.6) is 0 Å². The summed E-state index contributed by atoms with van der Waals surface area (Å²) in [4.78, 5) is 15.1. The monoisotopic (exact) mass is 419 g/mol. The number of nitrogens with one attached hydrogen (secondary N) is 1. The Kier molecular flexibility index (Phi) is 7.86. The molecule has 2 aliphatic heterocycles. The summed E-state index contributed by atoms with van der Waals surface area (Å²) in [6.45, 7) is 5.89. The van der Waals surface area contributed by atoms with E-state index in [1.54, 1.807) is 6.08 Å². The van der Waals surface area contributed by atoms with Crippen LogP contribution in [-0.4, -0.2) is 62.3 Å². The molecule has 1 aromatic carbocycles. The largest absolute Gasteiger partial charge is 0.354 e. The first-order valence-electron chi connectivity index (χ1n) is 10.7. The van der Waals surface area contributed by atoms with Crippen LogP contribution in [0, 0.1) is 5.92 Å². The van der Waals surface area contributed by atoms with Crippen LogP contribution in [0.2, 0.25) is 0 Å². The molecule has 0 radical (unpaired) electrons. The lowest BCUT2D eigenvalue weighted by atomic mass is 9.97. The minimum atomic E-state index is -3.46. The summed E-state index contributed by atoms with van der Waals surface area (Å²) < 4.78 is 26.6. The van der Waals surface area contributed by atoms with E-state index in [0.29, 0.717) is 38.5 Å². The van der Waals surface area contributed by atoms with E-state index in [-0.39, 0.29) is 11.8 Å². The molecular formula is C22H33N3O3S. The van der Waals surface area contributed by atoms with Gasteiger partial charge in [0.2, 0.25) is 15.9 Å². The highest BCUT2D eigenvalue weighted by atomic mass is 32.2. The van der Waals surface area contributed by atoms with Crippen LogP contribution in [0.4, 0.5) is 0 Å². The van der Waals surface area contributed by atoms with Crippen LogP contribution in [0.1, 0.15) is 44.6 Å². The number of hydrogen-bond acceptors (Lipinski definition) is 4. The quantitative estimate of drug-likeness (QED) is 0.703. The van der Waals surface area contributed by atoms with Crippen molar-refractivity contribution in [3.8, 4) is 0 Å². The Balaban J connectivity index is 1.46. The van der Waals surface area contributed by atoms with Gasteiger partial charge in [0.15, 0.2) is 0 Å². The third kappa shape index (κ3) is 6.14. The van der Waals surface area contributed by atoms with E-state index in [4.69, 9.17) is 0 Å². The van der Waals surface area contributed by atoms with E-state index < -0.39 is 10.0 Å². The third-order valence-corrected chi connectivity index (χ3v) is 7.62. The molecule has 2 fully saturated rings. The molecule has 29 heavy (non-hydrogen) atoms. The number of amides is 1. The van der Waals surface area contributed by atoms with Gasteiger partial charge < -0.3 is 5.32 Å². The van der Waals surface area contributed by atoms with Crippen molar-refractivity contribution >= 4 is 22.0 Å². The van der Waals surface area contributed by atoms with Crippen molar-refractivity contribution in [2.75, 3.05) is 32.7 Å². The maximum Gasteiger partial charge on any atom is 0.236 e. The first-order valence-corrected chi connectivity index (χ1v) is 12.2. The van der Waals surface area contributed by atoms with Gasteiger partial charge in [-0.05, 0) is 56.8 Å². The number of likely N-dealkylation sites (tertiary alicyclic amines) is 1. The molecule has 0 aliphatic carbocycles. The van der Waals surface area contributed by atoms with Gasteiger partial charge in [0.1, 0.15) is 0 Å². The zero-order valence-electron chi connectivity index (χ0n) is 17.3. The highest BCUT2D eigenvalue weighted by molar-refractivity contribution is 7.92. The fraction of sp³-hybridized carbons (Fsp3) is 0.591. The molecule has 0 bridgehead atoms. The molecule has 0 saturated carbocycles. The van der Waals surface area contributed by atoms with Crippen molar-refractivity contribution in [2.24, 2.45) is 5.92 Å². The van der Waals surface area contributed by atoms with Gasteiger partial charge in [-0.1, -0.05) is 37.3 Å². The molecule has 3 rings (SSSR count). The fourth-order valence-corrected chi connectivity index (χ4v) is 5.41. The molecule has 0 spiro atoms. The first-order chi connectivity index (χ1) is 14.0. The van der Waals surface area contributed by atoms with E-state index >= 15 is 0 Å². The van der Waals surface area contributed by atoms with Gasteiger partial charge in [0.05, 0.1) is 0 Å². The average Bonchev–Trinajstić information content (AvgIpc) is 3.28. The van der Waals surface area contributed by atoms with Crippen LogP contribution >= 0.6 is 0 Å². The second-order valence-corrected chi connectivity index (χ2v) is 9.80. The second kappa shape index (κ2) is 10.4. The van der Waals surface area contributed by atoms with Gasteiger partial charge >= 0.3 is 0 Å². The SMILES string of the molecule is CCC(CNC(=O)C1CCN(S(=O)(=O)/C=C/c2ccccc2)CC1)N1CCCC1. The molecule has 1 amide bonds. The number of nitrogens with zero attached hydrogens (tertiary/aromatic N) is 2. The lowest BCUT2D eigenvalue weighted by molar-refractivity contribution is -0.126. The van der Waals surface area contributed by atoms with Gasteiger partial charge in [0.25, 0.3) is 0 Å². The summed E-state index contributed by atoms with van der Waals surface area (Å²) in [5, 5.41) is 4.39. The minimum Gasteiger partial charge on any atom is -0.354 e. The molecule has 6 nitrogen and oxygen atoms in total. The van der Waals surface area contributed by atoms with Crippen molar-refractivity contribution < 1.29 is 13.2 Å². The van der Waals surface area contributed by atoms with Crippen LogP contribution in [0.15, 0.2) is 35.7 Å². The Morgan fingerprint density at radius 2 is 1.79 bits per heavy atom. The summed E-state index contributed by atoms with van der Waals surface area (Å²) >= 11 is 0. The van der Waals surface area contributed by atoms with Crippen LogP contribution in [0.3, 0.4) is 0 Å². The minimum absolute atomic E-state index is 0.0690. The lowest BCUT2D eigenvalue weighted by Gasteiger charge is -2.31. The molecule has 160 valence electrons. The Morgan fingerprint density at radius 3 is 2.41 bits per heavy atom. The summed E-state index contributed by atoms with van der Waals surface area (Å²) in [6.07, 6.45) is 6.30. The molecule has 1 N–H and O–H groups in total. The summed E-state index contributed by atoms with van der Waals surface area (Å²) in [7, 11) is -3.46. The molecule has 1 aromatic rings. The van der Waals surface area contributed by atoms with Gasteiger partial charge in [0, 0.05) is 37.0 Å². The molecule has 0 aromatic heterocycles. The molecular weight excluding hydrogens is 386 g/mol. The van der Waals surface area contributed by atoms with Crippen LogP contribution < -0.4 is 5.32 Å². The van der Waals surface area contributed by atoms with Crippen molar-refractivity contribution in [3.63, 3.8) is 0 Å². The predicted octanol–water partition coefficient (Wildman–Crippen LogP) is 2.69. The fourth-order valence-electron chi connectivity index (χ4n) is 4.19. The number of hydrogen-bond donors (Lipinski definition) is 1. The van der Waals surface area contributed by atoms with Crippen molar-refractivity contribution in [1.82, 2.24) is 14.5 Å². The Morgan fingerprint density at radius 1 is 1.14 bits per heavy atom. The van der Waals surface area contributed by atoms with Gasteiger partial charge in [-0.15, -0.1) is 0 Å². The average molecular weight is 420 g/mol. The summed E-state index contributed by atoms with van der Waals surface area (Å²) in [5.74, 6) is -0.0323. The highest BCUT2D eigenvalue weighted by Crippen LogP contribution is 2.21. The zero-order valence-corrected chi connectivity index (χ0v) is 18.1. The molecule has 2 aliphatic rings. The standard InChI is InChI=1S/C22H33N3O3S/c1-2-21(24-13-6-7-14-24)18-23-22(26)20-10-15-25(16-11-20)29(27,28)17-12-19-8-4-3-5-9-19/h3-5,8-9,12,17,20-21H,2,6-7,10-11,13-16,18H2,1H3,(H,23,26)/b17-12+. The number of benzene rings is 1. The number of carbonyl (C=O) groups is 1. The predicted molar refractivity (Wildman–Crippen MR) is 117 cm³/mol. The van der Waals surface area contributed by atoms with E-state index in [9.17, 15) is 13.2 Å². The topological polar surface area (TPSA) is 69.7 Å². The molecule has 2 heterocycles. The Labute approximate surface area is 175 Å². The van der Waals surface area contributed by atoms with Crippen LogP contribution in [-0.2, 0) is 14.8 Å². The number of rotatable bonds is 8. The van der Waals surface area contributed by atoms with E-state index in [1.807, 2.05) is 30.3 Å². The maximum atomic E-state index is 12.6. The smallest absolute Gasteiger partial charge is 0.236 e. The summed E-state index contributed by atoms with van der Waals surface area (Å²) in [6, 6.07) is 9.80. The highest BCUT2D eigenvalue weighted by Gasteiger charge is 2.30. The van der Waals surface area contributed by atoms with Gasteiger partial charge in [-0.2, -0.15) is 4.31 Å². The third-order valence-electron chi connectivity index (χ3n) is 6.06. The van der Waals surface area contributed by atoms with E-state index in [0.717, 1.165) is 25.1 Å². The summed E-state index contributed by atoms with van der Waals surface area (Å²) in [5.41, 5.74) is 0.855. The van der Waals surface area contributed by atoms with E-state index in [2.05, 4.69) is 17.1 Å². The number of piperidine rings is 1. The molecule has 1 atom stereocenters. The van der Waals surface area contributed by atoms with Crippen molar-refractivity contribution in [1.29, 1.82) is 0 Å². The van der Waals surface area contributed by atoms with E-state index in [1.165, 1.54) is 22.6 Å². The normalized spacial score (nSPS) is 20.9. The first kappa shape index (κ1) is 22.0. The van der Waals surface area contributed by atoms with Gasteiger partial charge in [-0.3, -0.25) is 9.69 Å². The van der Waals surface area contributed by atoms with Gasteiger partial charge in [-0.25, -0.2) is 8.42 Å². The maximum absolute atomic E-state index is 12.6. The van der Waals surface area contributed by atoms with Crippen molar-refractivity contribution in [2.45, 2.75) is 45.1 Å². The Hall–Kier alpha value is -1.70. The lowest BCUT2D eigenvalue weighted by Crippen LogP contribution is -2.46. The second-order valence-electron chi connectivity index (χ2n) is 7.98. The Bertz CT molecular complexity index is 781. The molecule has 7 heteroatoms. The number of carbonyl (C=O) groups excluding carboxylic acids is 1. The molecule has 1 unspecified atom stereocenters. The molecule has 2 saturated heterocycles. The number of sulfonamides is 1. The zero-order chi connectivity index (χ0) is 20.7.